The predicted molar refractivity (Wildman–Crippen MR) is 60.6 cm³/mol. The number of hydrogen-bond acceptors (Lipinski definition) is 4. The number of amides is 1. The third-order valence-corrected chi connectivity index (χ3v) is 2.25. The second-order valence-corrected chi connectivity index (χ2v) is 3.60. The van der Waals surface area contributed by atoms with Gasteiger partial charge in [0.2, 0.25) is 5.91 Å². The van der Waals surface area contributed by atoms with E-state index in [0.29, 0.717) is 19.6 Å². The molecule has 90 valence electrons. The summed E-state index contributed by atoms with van der Waals surface area (Å²) in [6.07, 6.45) is 1.50. The molecule has 0 spiro atoms. The summed E-state index contributed by atoms with van der Waals surface area (Å²) in [5, 5.41) is 2.99. The van der Waals surface area contributed by atoms with Gasteiger partial charge in [-0.15, -0.1) is 0 Å². The van der Waals surface area contributed by atoms with Gasteiger partial charge in [-0.05, 0) is 19.9 Å². The summed E-state index contributed by atoms with van der Waals surface area (Å²) < 4.78 is 4.91. The number of carbonyl (C=O) groups excluding carboxylic acids is 1. The second kappa shape index (κ2) is 8.64. The largest absolute Gasteiger partial charge is 0.385 e. The molecule has 0 bridgehead atoms. The van der Waals surface area contributed by atoms with E-state index < -0.39 is 6.04 Å². The first-order valence-corrected chi connectivity index (χ1v) is 5.27. The minimum Gasteiger partial charge on any atom is -0.385 e. The van der Waals surface area contributed by atoms with Crippen molar-refractivity contribution in [3.8, 4) is 0 Å². The van der Waals surface area contributed by atoms with Crippen LogP contribution in [0.15, 0.2) is 0 Å². The highest BCUT2D eigenvalue weighted by Crippen LogP contribution is 1.98. The van der Waals surface area contributed by atoms with Gasteiger partial charge in [0.25, 0.3) is 0 Å². The van der Waals surface area contributed by atoms with Crippen LogP contribution in [0.5, 0.6) is 0 Å². The van der Waals surface area contributed by atoms with Crippen LogP contribution in [0.3, 0.4) is 0 Å². The van der Waals surface area contributed by atoms with E-state index in [1.165, 1.54) is 0 Å². The van der Waals surface area contributed by atoms with Gasteiger partial charge in [-0.3, -0.25) is 4.79 Å². The van der Waals surface area contributed by atoms with Gasteiger partial charge in [0, 0.05) is 33.9 Å². The van der Waals surface area contributed by atoms with Crippen LogP contribution in [-0.4, -0.2) is 57.8 Å². The van der Waals surface area contributed by atoms with E-state index in [-0.39, 0.29) is 5.91 Å². The molecular weight excluding hydrogens is 194 g/mol. The molecule has 15 heavy (non-hydrogen) atoms. The first kappa shape index (κ1) is 14.3. The van der Waals surface area contributed by atoms with Gasteiger partial charge in [-0.1, -0.05) is 0 Å². The van der Waals surface area contributed by atoms with Crippen LogP contribution in [0, 0.1) is 0 Å². The average Bonchev–Trinajstić information content (AvgIpc) is 2.24. The average molecular weight is 217 g/mol. The number of rotatable bonds is 8. The molecule has 1 atom stereocenters. The zero-order valence-electron chi connectivity index (χ0n) is 9.95. The molecule has 0 aromatic rings. The number of hydrogen-bond donors (Lipinski definition) is 2. The Morgan fingerprint density at radius 1 is 1.60 bits per heavy atom. The summed E-state index contributed by atoms with van der Waals surface area (Å²) in [4.78, 5) is 13.3. The molecule has 0 aliphatic carbocycles. The van der Waals surface area contributed by atoms with E-state index in [4.69, 9.17) is 10.5 Å². The van der Waals surface area contributed by atoms with Gasteiger partial charge < -0.3 is 20.7 Å². The Bertz CT molecular complexity index is 176. The summed E-state index contributed by atoms with van der Waals surface area (Å²) in [5.74, 6) is 0.00125. The number of nitrogens with zero attached hydrogens (tertiary/aromatic N) is 1. The fraction of sp³-hybridized carbons (Fsp3) is 0.900. The van der Waals surface area contributed by atoms with E-state index in [1.807, 2.05) is 7.05 Å². The van der Waals surface area contributed by atoms with Crippen LogP contribution in [0.4, 0.5) is 0 Å². The van der Waals surface area contributed by atoms with Gasteiger partial charge in [-0.25, -0.2) is 0 Å². The molecule has 0 aliphatic heterocycles. The number of ether oxygens (including phenoxy) is 1. The van der Waals surface area contributed by atoms with E-state index in [0.717, 1.165) is 13.0 Å². The highest BCUT2D eigenvalue weighted by atomic mass is 16.5. The number of carbonyl (C=O) groups is 1. The molecule has 0 aliphatic rings. The maximum atomic E-state index is 11.7. The van der Waals surface area contributed by atoms with Gasteiger partial charge in [-0.2, -0.15) is 0 Å². The van der Waals surface area contributed by atoms with Crippen molar-refractivity contribution in [3.05, 3.63) is 0 Å². The highest BCUT2D eigenvalue weighted by molar-refractivity contribution is 5.81. The van der Waals surface area contributed by atoms with E-state index >= 15 is 0 Å². The van der Waals surface area contributed by atoms with Crippen LogP contribution in [-0.2, 0) is 9.53 Å². The number of methoxy groups -OCH3 is 1. The zero-order valence-corrected chi connectivity index (χ0v) is 9.95. The Morgan fingerprint density at radius 2 is 2.27 bits per heavy atom. The SMILES string of the molecule is CNCCN(C)C(=O)C(N)CCCOC. The molecule has 0 aromatic heterocycles. The number of likely N-dealkylation sites (N-methyl/N-ethyl adjacent to an activating group) is 2. The first-order valence-electron chi connectivity index (χ1n) is 5.27. The van der Waals surface area contributed by atoms with Crippen LogP contribution in [0.2, 0.25) is 0 Å². The van der Waals surface area contributed by atoms with Crippen molar-refractivity contribution in [2.75, 3.05) is 40.9 Å². The monoisotopic (exact) mass is 217 g/mol. The van der Waals surface area contributed by atoms with Gasteiger partial charge in [0.05, 0.1) is 6.04 Å². The molecule has 0 fully saturated rings. The molecule has 5 heteroatoms. The lowest BCUT2D eigenvalue weighted by atomic mass is 10.1. The molecule has 5 nitrogen and oxygen atoms in total. The maximum Gasteiger partial charge on any atom is 0.239 e. The minimum absolute atomic E-state index is 0.00125. The van der Waals surface area contributed by atoms with Crippen molar-refractivity contribution in [1.82, 2.24) is 10.2 Å². The van der Waals surface area contributed by atoms with Crippen LogP contribution >= 0.6 is 0 Å². The summed E-state index contributed by atoms with van der Waals surface area (Å²) in [7, 11) is 5.28. The Balaban J connectivity index is 3.75. The predicted octanol–water partition coefficient (Wildman–Crippen LogP) is -0.582. The van der Waals surface area contributed by atoms with Crippen molar-refractivity contribution in [1.29, 1.82) is 0 Å². The second-order valence-electron chi connectivity index (χ2n) is 3.60. The molecule has 0 rings (SSSR count). The van der Waals surface area contributed by atoms with Crippen LogP contribution in [0.25, 0.3) is 0 Å². The number of nitrogens with two attached hydrogens (primary N) is 1. The third-order valence-electron chi connectivity index (χ3n) is 2.25. The fourth-order valence-corrected chi connectivity index (χ4v) is 1.24. The van der Waals surface area contributed by atoms with Crippen molar-refractivity contribution < 1.29 is 9.53 Å². The van der Waals surface area contributed by atoms with E-state index in [1.54, 1.807) is 19.1 Å². The van der Waals surface area contributed by atoms with E-state index in [9.17, 15) is 4.79 Å². The maximum absolute atomic E-state index is 11.7. The Labute approximate surface area is 91.9 Å². The normalized spacial score (nSPS) is 12.5. The van der Waals surface area contributed by atoms with Gasteiger partial charge in [0.1, 0.15) is 0 Å². The lowest BCUT2D eigenvalue weighted by Gasteiger charge is -2.21. The Kier molecular flexibility index (Phi) is 8.27. The molecule has 0 aromatic carbocycles. The van der Waals surface area contributed by atoms with Crippen molar-refractivity contribution in [3.63, 3.8) is 0 Å². The number of nitrogens with one attached hydrogen (secondary N) is 1. The molecule has 0 saturated heterocycles. The van der Waals surface area contributed by atoms with Gasteiger partial charge >= 0.3 is 0 Å². The van der Waals surface area contributed by atoms with E-state index in [2.05, 4.69) is 5.32 Å². The van der Waals surface area contributed by atoms with Crippen molar-refractivity contribution >= 4 is 5.91 Å². The molecule has 0 saturated carbocycles. The molecule has 0 radical (unpaired) electrons. The summed E-state index contributed by atoms with van der Waals surface area (Å²) in [5.41, 5.74) is 5.76. The lowest BCUT2D eigenvalue weighted by Crippen LogP contribution is -2.43. The summed E-state index contributed by atoms with van der Waals surface area (Å²) in [6, 6.07) is -0.401. The van der Waals surface area contributed by atoms with Gasteiger partial charge in [0.15, 0.2) is 0 Å². The fourth-order valence-electron chi connectivity index (χ4n) is 1.24. The standard InChI is InChI=1S/C10H23N3O2/c1-12-6-7-13(2)10(14)9(11)5-4-8-15-3/h9,12H,4-8,11H2,1-3H3. The molecule has 0 heterocycles. The molecular formula is C10H23N3O2. The smallest absolute Gasteiger partial charge is 0.239 e. The first-order chi connectivity index (χ1) is 7.13. The van der Waals surface area contributed by atoms with Crippen LogP contribution in [0.1, 0.15) is 12.8 Å². The molecule has 1 unspecified atom stereocenters. The summed E-state index contributed by atoms with van der Waals surface area (Å²) >= 11 is 0. The molecule has 1 amide bonds. The topological polar surface area (TPSA) is 67.6 Å². The zero-order chi connectivity index (χ0) is 11.7. The third kappa shape index (κ3) is 6.43. The highest BCUT2D eigenvalue weighted by Gasteiger charge is 2.16. The Hall–Kier alpha value is -0.650. The minimum atomic E-state index is -0.401. The molecule has 3 N–H and O–H groups in total. The lowest BCUT2D eigenvalue weighted by molar-refractivity contribution is -0.131. The van der Waals surface area contributed by atoms with Crippen molar-refractivity contribution in [2.45, 2.75) is 18.9 Å². The quantitative estimate of drug-likeness (QED) is 0.534. The van der Waals surface area contributed by atoms with Crippen molar-refractivity contribution in [2.24, 2.45) is 5.73 Å². The summed E-state index contributed by atoms with van der Waals surface area (Å²) in [6.45, 7) is 2.13. The van der Waals surface area contributed by atoms with Crippen LogP contribution < -0.4 is 11.1 Å². The Morgan fingerprint density at radius 3 is 2.80 bits per heavy atom.